The standard InChI is InChI=1S/C21H30BrN5O3/c1-13(2)9-17(26-19(28)15-10-16(22)12-24-11-15)21-27-18(14(3)30-21)20(29)25-8-6-5-7-23-4/h10-13,17,23H,5-9H2,1-4H3,(H,25,29)(H,26,28)/t17-/m0/s1. The van der Waals surface area contributed by atoms with E-state index in [1.165, 1.54) is 6.20 Å². The Labute approximate surface area is 185 Å². The lowest BCUT2D eigenvalue weighted by molar-refractivity contribution is 0.0922. The van der Waals surface area contributed by atoms with E-state index < -0.39 is 6.04 Å². The van der Waals surface area contributed by atoms with E-state index in [-0.39, 0.29) is 23.4 Å². The van der Waals surface area contributed by atoms with Gasteiger partial charge >= 0.3 is 0 Å². The van der Waals surface area contributed by atoms with Crippen LogP contribution in [0.1, 0.15) is 71.6 Å². The van der Waals surface area contributed by atoms with Crippen molar-refractivity contribution in [2.75, 3.05) is 20.1 Å². The van der Waals surface area contributed by atoms with Crippen LogP contribution in [-0.4, -0.2) is 41.9 Å². The van der Waals surface area contributed by atoms with Crippen LogP contribution in [0.25, 0.3) is 0 Å². The van der Waals surface area contributed by atoms with Crippen molar-refractivity contribution < 1.29 is 14.0 Å². The van der Waals surface area contributed by atoms with Gasteiger partial charge in [0.15, 0.2) is 5.69 Å². The molecule has 1 atom stereocenters. The van der Waals surface area contributed by atoms with Crippen LogP contribution in [0.4, 0.5) is 0 Å². The summed E-state index contributed by atoms with van der Waals surface area (Å²) in [5.41, 5.74) is 0.687. The fourth-order valence-electron chi connectivity index (χ4n) is 2.96. The Morgan fingerprint density at radius 2 is 1.90 bits per heavy atom. The summed E-state index contributed by atoms with van der Waals surface area (Å²) in [5.74, 6) is 0.508. The van der Waals surface area contributed by atoms with Gasteiger partial charge in [0.05, 0.1) is 5.56 Å². The van der Waals surface area contributed by atoms with Crippen LogP contribution in [0.2, 0.25) is 0 Å². The van der Waals surface area contributed by atoms with E-state index >= 15 is 0 Å². The molecule has 8 nitrogen and oxygen atoms in total. The van der Waals surface area contributed by atoms with Crippen molar-refractivity contribution in [3.8, 4) is 0 Å². The minimum Gasteiger partial charge on any atom is -0.443 e. The number of carbonyl (C=O) groups excluding carboxylic acids is 2. The van der Waals surface area contributed by atoms with Gasteiger partial charge in [-0.25, -0.2) is 4.98 Å². The van der Waals surface area contributed by atoms with Gasteiger partial charge in [-0.15, -0.1) is 0 Å². The molecule has 3 N–H and O–H groups in total. The summed E-state index contributed by atoms with van der Waals surface area (Å²) in [6.45, 7) is 7.29. The Kier molecular flexibility index (Phi) is 9.45. The smallest absolute Gasteiger partial charge is 0.273 e. The molecule has 0 fully saturated rings. The zero-order chi connectivity index (χ0) is 22.1. The maximum absolute atomic E-state index is 12.7. The van der Waals surface area contributed by atoms with Gasteiger partial charge < -0.3 is 20.4 Å². The molecule has 164 valence electrons. The number of hydrogen-bond donors (Lipinski definition) is 3. The Morgan fingerprint density at radius 3 is 2.57 bits per heavy atom. The lowest BCUT2D eigenvalue weighted by Gasteiger charge is -2.17. The quantitative estimate of drug-likeness (QED) is 0.426. The molecule has 9 heteroatoms. The minimum atomic E-state index is -0.452. The Morgan fingerprint density at radius 1 is 1.17 bits per heavy atom. The van der Waals surface area contributed by atoms with Crippen molar-refractivity contribution in [3.05, 3.63) is 45.8 Å². The molecule has 2 amide bonds. The Bertz CT molecular complexity index is 853. The molecule has 0 aliphatic carbocycles. The highest BCUT2D eigenvalue weighted by Gasteiger charge is 2.25. The average Bonchev–Trinajstić information content (AvgIpc) is 3.08. The van der Waals surface area contributed by atoms with E-state index in [4.69, 9.17) is 4.42 Å². The summed E-state index contributed by atoms with van der Waals surface area (Å²) >= 11 is 3.32. The third kappa shape index (κ3) is 7.21. The molecule has 0 saturated heterocycles. The maximum atomic E-state index is 12.7. The second-order valence-electron chi connectivity index (χ2n) is 7.57. The van der Waals surface area contributed by atoms with E-state index in [2.05, 4.69) is 41.8 Å². The van der Waals surface area contributed by atoms with Crippen molar-refractivity contribution in [2.45, 2.75) is 46.1 Å². The number of unbranched alkanes of at least 4 members (excludes halogenated alkanes) is 1. The molecule has 0 saturated carbocycles. The Balaban J connectivity index is 2.11. The number of pyridine rings is 1. The van der Waals surface area contributed by atoms with Gasteiger partial charge in [-0.05, 0) is 67.7 Å². The molecule has 2 rings (SSSR count). The number of aryl methyl sites for hydroxylation is 1. The zero-order valence-corrected chi connectivity index (χ0v) is 19.5. The van der Waals surface area contributed by atoms with E-state index in [1.54, 1.807) is 19.2 Å². The average molecular weight is 480 g/mol. The number of oxazole rings is 1. The molecule has 0 aromatic carbocycles. The summed E-state index contributed by atoms with van der Waals surface area (Å²) in [5, 5.41) is 8.91. The summed E-state index contributed by atoms with van der Waals surface area (Å²) in [6, 6.07) is 1.25. The molecular weight excluding hydrogens is 450 g/mol. The van der Waals surface area contributed by atoms with Crippen LogP contribution < -0.4 is 16.0 Å². The molecule has 2 heterocycles. The van der Waals surface area contributed by atoms with Crippen molar-refractivity contribution in [3.63, 3.8) is 0 Å². The highest BCUT2D eigenvalue weighted by molar-refractivity contribution is 9.10. The van der Waals surface area contributed by atoms with Crippen LogP contribution in [0, 0.1) is 12.8 Å². The van der Waals surface area contributed by atoms with E-state index in [9.17, 15) is 9.59 Å². The largest absolute Gasteiger partial charge is 0.443 e. The van der Waals surface area contributed by atoms with Gasteiger partial charge in [0.1, 0.15) is 11.8 Å². The maximum Gasteiger partial charge on any atom is 0.273 e. The number of amides is 2. The molecule has 0 aliphatic heterocycles. The van der Waals surface area contributed by atoms with Crippen LogP contribution in [-0.2, 0) is 0 Å². The first-order chi connectivity index (χ1) is 14.3. The van der Waals surface area contributed by atoms with Crippen LogP contribution in [0.5, 0.6) is 0 Å². The molecule has 0 bridgehead atoms. The highest BCUT2D eigenvalue weighted by atomic mass is 79.9. The summed E-state index contributed by atoms with van der Waals surface area (Å²) in [7, 11) is 1.90. The molecule has 0 unspecified atom stereocenters. The molecule has 30 heavy (non-hydrogen) atoms. The fourth-order valence-corrected chi connectivity index (χ4v) is 3.32. The van der Waals surface area contributed by atoms with E-state index in [0.717, 1.165) is 23.9 Å². The second kappa shape index (κ2) is 11.8. The van der Waals surface area contributed by atoms with Gasteiger partial charge in [-0.2, -0.15) is 0 Å². The van der Waals surface area contributed by atoms with Gasteiger partial charge in [0.2, 0.25) is 5.89 Å². The Hall–Kier alpha value is -2.26. The van der Waals surface area contributed by atoms with Crippen molar-refractivity contribution >= 4 is 27.7 Å². The van der Waals surface area contributed by atoms with Crippen molar-refractivity contribution in [1.29, 1.82) is 0 Å². The van der Waals surface area contributed by atoms with E-state index in [1.807, 2.05) is 20.9 Å². The molecule has 0 aliphatic rings. The number of carbonyl (C=O) groups is 2. The lowest BCUT2D eigenvalue weighted by atomic mass is 10.0. The number of nitrogens with zero attached hydrogens (tertiary/aromatic N) is 2. The summed E-state index contributed by atoms with van der Waals surface area (Å²) in [6.07, 6.45) is 5.60. The zero-order valence-electron chi connectivity index (χ0n) is 17.9. The SMILES string of the molecule is CNCCCCNC(=O)c1nc([C@H](CC(C)C)NC(=O)c2cncc(Br)c2)oc1C. The first-order valence-corrected chi connectivity index (χ1v) is 10.9. The highest BCUT2D eigenvalue weighted by Crippen LogP contribution is 2.24. The molecular formula is C21H30BrN5O3. The second-order valence-corrected chi connectivity index (χ2v) is 8.49. The third-order valence-electron chi connectivity index (χ3n) is 4.44. The topological polar surface area (TPSA) is 109 Å². The van der Waals surface area contributed by atoms with Crippen LogP contribution in [0.15, 0.2) is 27.3 Å². The van der Waals surface area contributed by atoms with Crippen molar-refractivity contribution in [2.24, 2.45) is 5.92 Å². The van der Waals surface area contributed by atoms with Gasteiger partial charge in [0.25, 0.3) is 11.8 Å². The molecule has 2 aromatic heterocycles. The molecule has 0 spiro atoms. The van der Waals surface area contributed by atoms with Crippen molar-refractivity contribution in [1.82, 2.24) is 25.9 Å². The van der Waals surface area contributed by atoms with Gasteiger partial charge in [0, 0.05) is 23.4 Å². The number of aromatic nitrogens is 2. The summed E-state index contributed by atoms with van der Waals surface area (Å²) in [4.78, 5) is 33.6. The number of halogens is 1. The molecule has 0 radical (unpaired) electrons. The number of hydrogen-bond acceptors (Lipinski definition) is 6. The first kappa shape index (κ1) is 24.0. The molecule has 2 aromatic rings. The predicted molar refractivity (Wildman–Crippen MR) is 118 cm³/mol. The van der Waals surface area contributed by atoms with Gasteiger partial charge in [-0.1, -0.05) is 13.8 Å². The predicted octanol–water partition coefficient (Wildman–Crippen LogP) is 3.39. The lowest BCUT2D eigenvalue weighted by Crippen LogP contribution is -2.30. The van der Waals surface area contributed by atoms with Gasteiger partial charge in [-0.3, -0.25) is 14.6 Å². The first-order valence-electron chi connectivity index (χ1n) is 10.1. The van der Waals surface area contributed by atoms with Crippen LogP contribution in [0.3, 0.4) is 0 Å². The monoisotopic (exact) mass is 479 g/mol. The van der Waals surface area contributed by atoms with Crippen LogP contribution >= 0.6 is 15.9 Å². The third-order valence-corrected chi connectivity index (χ3v) is 4.88. The number of rotatable bonds is 11. The minimum absolute atomic E-state index is 0.255. The fraction of sp³-hybridized carbons (Fsp3) is 0.524. The normalized spacial score (nSPS) is 12.1. The summed E-state index contributed by atoms with van der Waals surface area (Å²) < 4.78 is 6.50. The van der Waals surface area contributed by atoms with E-state index in [0.29, 0.717) is 30.2 Å². The number of nitrogens with one attached hydrogen (secondary N) is 3.